The predicted octanol–water partition coefficient (Wildman–Crippen LogP) is 3.75. The number of halogens is 2. The minimum atomic E-state index is -1.27. The number of urea groups is 1. The maximum absolute atomic E-state index is 13.6. The molecule has 0 fully saturated rings. The summed E-state index contributed by atoms with van der Waals surface area (Å²) in [6.07, 6.45) is -1.27. The van der Waals surface area contributed by atoms with Gasteiger partial charge in [-0.25, -0.2) is 13.6 Å². The maximum Gasteiger partial charge on any atom is 0.319 e. The summed E-state index contributed by atoms with van der Waals surface area (Å²) in [5.41, 5.74) is 3.57. The van der Waals surface area contributed by atoms with Crippen LogP contribution in [0.15, 0.2) is 30.3 Å². The summed E-state index contributed by atoms with van der Waals surface area (Å²) in [7, 11) is 0. The van der Waals surface area contributed by atoms with Crippen LogP contribution in [0.4, 0.5) is 19.3 Å². The van der Waals surface area contributed by atoms with Gasteiger partial charge in [0.2, 0.25) is 0 Å². The second kappa shape index (κ2) is 7.40. The van der Waals surface area contributed by atoms with Crippen molar-refractivity contribution in [1.29, 1.82) is 0 Å². The fourth-order valence-electron chi connectivity index (χ4n) is 2.61. The van der Waals surface area contributed by atoms with Crippen LogP contribution in [-0.4, -0.2) is 17.7 Å². The van der Waals surface area contributed by atoms with Crippen LogP contribution in [0.3, 0.4) is 0 Å². The Bertz CT molecular complexity index is 740. The Balaban J connectivity index is 1.98. The van der Waals surface area contributed by atoms with Gasteiger partial charge >= 0.3 is 6.03 Å². The molecular weight excluding hydrogens is 314 g/mol. The van der Waals surface area contributed by atoms with Gasteiger partial charge in [0.25, 0.3) is 0 Å². The molecule has 2 rings (SSSR count). The molecule has 0 unspecified atom stereocenters. The normalized spacial score (nSPS) is 11.9. The average molecular weight is 334 g/mol. The molecule has 0 aliphatic heterocycles. The Morgan fingerprint density at radius 3 is 2.33 bits per heavy atom. The molecule has 1 atom stereocenters. The molecule has 2 aromatic carbocycles. The number of aliphatic hydroxyl groups is 1. The van der Waals surface area contributed by atoms with Gasteiger partial charge in [-0.2, -0.15) is 0 Å². The van der Waals surface area contributed by atoms with Gasteiger partial charge in [-0.3, -0.25) is 0 Å². The van der Waals surface area contributed by atoms with E-state index in [2.05, 4.69) is 10.6 Å². The zero-order valence-corrected chi connectivity index (χ0v) is 13.8. The lowest BCUT2D eigenvalue weighted by molar-refractivity contribution is 0.170. The lowest BCUT2D eigenvalue weighted by Gasteiger charge is -2.16. The van der Waals surface area contributed by atoms with Crippen LogP contribution in [0.5, 0.6) is 0 Å². The van der Waals surface area contributed by atoms with Crippen molar-refractivity contribution in [2.75, 3.05) is 11.9 Å². The average Bonchev–Trinajstić information content (AvgIpc) is 2.48. The molecule has 0 saturated carbocycles. The summed E-state index contributed by atoms with van der Waals surface area (Å²) in [6, 6.07) is 6.30. The van der Waals surface area contributed by atoms with Gasteiger partial charge in [0.05, 0.1) is 6.10 Å². The molecular formula is C18H20F2N2O2. The Labute approximate surface area is 139 Å². The Kier molecular flexibility index (Phi) is 5.51. The Morgan fingerprint density at radius 2 is 1.75 bits per heavy atom. The number of aryl methyl sites for hydroxylation is 3. The van der Waals surface area contributed by atoms with Crippen LogP contribution >= 0.6 is 0 Å². The lowest BCUT2D eigenvalue weighted by Crippen LogP contribution is -2.33. The molecule has 0 heterocycles. The van der Waals surface area contributed by atoms with Gasteiger partial charge < -0.3 is 15.7 Å². The standard InChI is InChI=1S/C18H20F2N2O2/c1-10-6-11(2)17(12(3)7-10)22-18(24)21-9-16(23)14-5-4-13(19)8-15(14)20/h4-8,16,23H,9H2,1-3H3,(H2,21,22,24)/t16-/m1/s1. The van der Waals surface area contributed by atoms with E-state index in [0.717, 1.165) is 28.8 Å². The van der Waals surface area contributed by atoms with E-state index in [0.29, 0.717) is 11.8 Å². The molecule has 3 N–H and O–H groups in total. The number of hydrogen-bond donors (Lipinski definition) is 3. The highest BCUT2D eigenvalue weighted by molar-refractivity contribution is 5.91. The number of carbonyl (C=O) groups excluding carboxylic acids is 1. The molecule has 0 saturated heterocycles. The van der Waals surface area contributed by atoms with Crippen LogP contribution in [0.2, 0.25) is 0 Å². The van der Waals surface area contributed by atoms with Crippen LogP contribution in [0.25, 0.3) is 0 Å². The van der Waals surface area contributed by atoms with Crippen LogP contribution in [0.1, 0.15) is 28.4 Å². The number of hydrogen-bond acceptors (Lipinski definition) is 2. The highest BCUT2D eigenvalue weighted by atomic mass is 19.1. The first-order valence-corrected chi connectivity index (χ1v) is 7.53. The molecule has 2 amide bonds. The fraction of sp³-hybridized carbons (Fsp3) is 0.278. The molecule has 0 aromatic heterocycles. The Morgan fingerprint density at radius 1 is 1.12 bits per heavy atom. The largest absolute Gasteiger partial charge is 0.386 e. The predicted molar refractivity (Wildman–Crippen MR) is 89.0 cm³/mol. The van der Waals surface area contributed by atoms with Crippen molar-refractivity contribution in [3.8, 4) is 0 Å². The molecule has 0 aliphatic rings. The topological polar surface area (TPSA) is 61.4 Å². The van der Waals surface area contributed by atoms with Gasteiger partial charge in [-0.15, -0.1) is 0 Å². The van der Waals surface area contributed by atoms with Crippen molar-refractivity contribution in [1.82, 2.24) is 5.32 Å². The van der Waals surface area contributed by atoms with E-state index in [9.17, 15) is 18.7 Å². The Hall–Kier alpha value is -2.47. The molecule has 6 heteroatoms. The van der Waals surface area contributed by atoms with Crippen molar-refractivity contribution in [2.45, 2.75) is 26.9 Å². The molecule has 24 heavy (non-hydrogen) atoms. The van der Waals surface area contributed by atoms with Gasteiger partial charge in [0.15, 0.2) is 0 Å². The maximum atomic E-state index is 13.6. The molecule has 2 aromatic rings. The zero-order chi connectivity index (χ0) is 17.9. The van der Waals surface area contributed by atoms with Gasteiger partial charge in [0.1, 0.15) is 11.6 Å². The smallest absolute Gasteiger partial charge is 0.319 e. The van der Waals surface area contributed by atoms with Crippen LogP contribution in [-0.2, 0) is 0 Å². The number of carbonyl (C=O) groups is 1. The number of anilines is 1. The highest BCUT2D eigenvalue weighted by Gasteiger charge is 2.15. The van der Waals surface area contributed by atoms with E-state index in [-0.39, 0.29) is 12.1 Å². The second-order valence-electron chi connectivity index (χ2n) is 5.79. The van der Waals surface area contributed by atoms with Crippen molar-refractivity contribution in [3.05, 3.63) is 64.2 Å². The van der Waals surface area contributed by atoms with E-state index in [4.69, 9.17) is 0 Å². The van der Waals surface area contributed by atoms with Crippen molar-refractivity contribution in [2.24, 2.45) is 0 Å². The minimum Gasteiger partial charge on any atom is -0.386 e. The monoisotopic (exact) mass is 334 g/mol. The van der Waals surface area contributed by atoms with Crippen LogP contribution in [0, 0.1) is 32.4 Å². The van der Waals surface area contributed by atoms with Crippen molar-refractivity contribution >= 4 is 11.7 Å². The first kappa shape index (κ1) is 17.9. The third-order valence-corrected chi connectivity index (χ3v) is 3.69. The van der Waals surface area contributed by atoms with Crippen molar-refractivity contribution in [3.63, 3.8) is 0 Å². The number of rotatable bonds is 4. The molecule has 128 valence electrons. The molecule has 0 aliphatic carbocycles. The summed E-state index contributed by atoms with van der Waals surface area (Å²) in [5, 5.41) is 15.1. The molecule has 0 radical (unpaired) electrons. The second-order valence-corrected chi connectivity index (χ2v) is 5.79. The third-order valence-electron chi connectivity index (χ3n) is 3.69. The summed E-state index contributed by atoms with van der Waals surface area (Å²) in [4.78, 5) is 12.0. The number of nitrogens with one attached hydrogen (secondary N) is 2. The van der Waals surface area contributed by atoms with Gasteiger partial charge in [-0.05, 0) is 38.0 Å². The van der Waals surface area contributed by atoms with Gasteiger partial charge in [0, 0.05) is 23.9 Å². The quantitative estimate of drug-likeness (QED) is 0.797. The molecule has 4 nitrogen and oxygen atoms in total. The SMILES string of the molecule is Cc1cc(C)c(NC(=O)NC[C@@H](O)c2ccc(F)cc2F)c(C)c1. The summed E-state index contributed by atoms with van der Waals surface area (Å²) in [5.74, 6) is -1.57. The third kappa shape index (κ3) is 4.29. The van der Waals surface area contributed by atoms with Gasteiger partial charge in [-0.1, -0.05) is 23.8 Å². The first-order chi connectivity index (χ1) is 11.3. The summed E-state index contributed by atoms with van der Waals surface area (Å²) in [6.45, 7) is 5.55. The number of amides is 2. The summed E-state index contributed by atoms with van der Waals surface area (Å²) < 4.78 is 26.5. The number of aliphatic hydroxyl groups excluding tert-OH is 1. The van der Waals surface area contributed by atoms with E-state index < -0.39 is 23.8 Å². The van der Waals surface area contributed by atoms with E-state index in [1.807, 2.05) is 32.9 Å². The molecule has 0 spiro atoms. The highest BCUT2D eigenvalue weighted by Crippen LogP contribution is 2.22. The zero-order valence-electron chi connectivity index (χ0n) is 13.8. The number of benzene rings is 2. The minimum absolute atomic E-state index is 0.0700. The van der Waals surface area contributed by atoms with E-state index in [1.54, 1.807) is 0 Å². The van der Waals surface area contributed by atoms with E-state index >= 15 is 0 Å². The van der Waals surface area contributed by atoms with Crippen LogP contribution < -0.4 is 10.6 Å². The molecule has 0 bridgehead atoms. The first-order valence-electron chi connectivity index (χ1n) is 7.53. The summed E-state index contributed by atoms with van der Waals surface area (Å²) >= 11 is 0. The lowest BCUT2D eigenvalue weighted by atomic mass is 10.1. The fourth-order valence-corrected chi connectivity index (χ4v) is 2.61. The van der Waals surface area contributed by atoms with E-state index in [1.165, 1.54) is 0 Å². The van der Waals surface area contributed by atoms with Crippen molar-refractivity contribution < 1.29 is 18.7 Å².